The van der Waals surface area contributed by atoms with Gasteiger partial charge in [0.05, 0.1) is 6.61 Å². The molecule has 0 saturated carbocycles. The van der Waals surface area contributed by atoms with E-state index in [1.807, 2.05) is 0 Å². The topological polar surface area (TPSA) is 49.3 Å². The highest BCUT2D eigenvalue weighted by Gasteiger charge is 2.10. The van der Waals surface area contributed by atoms with Gasteiger partial charge in [0.15, 0.2) is 0 Å². The highest BCUT2D eigenvalue weighted by molar-refractivity contribution is 6.30. The third kappa shape index (κ3) is 3.69. The summed E-state index contributed by atoms with van der Waals surface area (Å²) >= 11 is 5.44. The number of hydrogen-bond acceptors (Lipinski definition) is 2. The van der Waals surface area contributed by atoms with Gasteiger partial charge in [0, 0.05) is 6.04 Å². The third-order valence-corrected chi connectivity index (χ3v) is 1.22. The van der Waals surface area contributed by atoms with Crippen molar-refractivity contribution >= 4 is 17.5 Å². The smallest absolute Gasteiger partial charge is 0.238 e. The lowest BCUT2D eigenvalue weighted by Crippen LogP contribution is -2.38. The second-order valence-electron chi connectivity index (χ2n) is 2.21. The fourth-order valence-corrected chi connectivity index (χ4v) is 0.466. The lowest BCUT2D eigenvalue weighted by atomic mass is 10.3. The Bertz CT molecular complexity index is 116. The Morgan fingerprint density at radius 2 is 2.20 bits per heavy atom. The van der Waals surface area contributed by atoms with E-state index in [1.54, 1.807) is 13.8 Å². The van der Waals surface area contributed by atoms with E-state index in [0.717, 1.165) is 0 Å². The lowest BCUT2D eigenvalue weighted by molar-refractivity contribution is -0.121. The van der Waals surface area contributed by atoms with Crippen LogP contribution in [0, 0.1) is 0 Å². The SMILES string of the molecule is CC(Cl)C(=O)N[C@H](C)CO. The molecule has 0 radical (unpaired) electrons. The molecule has 0 spiro atoms. The molecule has 2 N–H and O–H groups in total. The summed E-state index contributed by atoms with van der Waals surface area (Å²) in [6, 6.07) is -0.214. The Balaban J connectivity index is 3.57. The quantitative estimate of drug-likeness (QED) is 0.584. The molecule has 4 heteroatoms. The maximum Gasteiger partial charge on any atom is 0.238 e. The van der Waals surface area contributed by atoms with Crippen LogP contribution in [-0.4, -0.2) is 29.0 Å². The Hall–Kier alpha value is -0.280. The van der Waals surface area contributed by atoms with Crippen LogP contribution in [0.5, 0.6) is 0 Å². The van der Waals surface area contributed by atoms with Gasteiger partial charge < -0.3 is 10.4 Å². The molecule has 0 aliphatic rings. The molecule has 0 saturated heterocycles. The molecule has 0 aliphatic carbocycles. The minimum absolute atomic E-state index is 0.0602. The summed E-state index contributed by atoms with van der Waals surface area (Å²) in [5, 5.41) is 10.5. The predicted octanol–water partition coefficient (Wildman–Crippen LogP) is 0.111. The number of rotatable bonds is 3. The highest BCUT2D eigenvalue weighted by atomic mass is 35.5. The van der Waals surface area contributed by atoms with Crippen molar-refractivity contribution in [1.29, 1.82) is 0 Å². The zero-order valence-electron chi connectivity index (χ0n) is 6.10. The monoisotopic (exact) mass is 165 g/mol. The first-order valence-corrected chi connectivity index (χ1v) is 3.57. The van der Waals surface area contributed by atoms with Crippen molar-refractivity contribution in [1.82, 2.24) is 5.32 Å². The highest BCUT2D eigenvalue weighted by Crippen LogP contribution is 1.93. The summed E-state index contributed by atoms with van der Waals surface area (Å²) in [5.41, 5.74) is 0. The van der Waals surface area contributed by atoms with Gasteiger partial charge >= 0.3 is 0 Å². The van der Waals surface area contributed by atoms with Gasteiger partial charge in [-0.1, -0.05) is 0 Å². The molecule has 60 valence electrons. The van der Waals surface area contributed by atoms with Crippen molar-refractivity contribution in [3.63, 3.8) is 0 Å². The Kier molecular flexibility index (Phi) is 4.40. The number of amides is 1. The second kappa shape index (κ2) is 4.52. The maximum atomic E-state index is 10.8. The summed E-state index contributed by atoms with van der Waals surface area (Å²) in [7, 11) is 0. The standard InChI is InChI=1S/C6H12ClNO2/c1-4(3-9)8-6(10)5(2)7/h4-5,9H,3H2,1-2H3,(H,8,10)/t4-,5?/m1/s1. The van der Waals surface area contributed by atoms with Gasteiger partial charge in [-0.25, -0.2) is 0 Å². The molecule has 0 aromatic rings. The zero-order valence-corrected chi connectivity index (χ0v) is 6.85. The molecule has 0 rings (SSSR count). The minimum atomic E-state index is -0.533. The summed E-state index contributed by atoms with van der Waals surface area (Å²) in [5.74, 6) is -0.247. The van der Waals surface area contributed by atoms with E-state index in [0.29, 0.717) is 0 Å². The van der Waals surface area contributed by atoms with Crippen molar-refractivity contribution in [2.45, 2.75) is 25.3 Å². The van der Waals surface area contributed by atoms with Crippen LogP contribution < -0.4 is 5.32 Å². The molecule has 1 unspecified atom stereocenters. The van der Waals surface area contributed by atoms with Crippen LogP contribution in [0.3, 0.4) is 0 Å². The molecule has 1 amide bonds. The molecular formula is C6H12ClNO2. The van der Waals surface area contributed by atoms with Crippen molar-refractivity contribution in [3.8, 4) is 0 Å². The van der Waals surface area contributed by atoms with Crippen LogP contribution in [0.25, 0.3) is 0 Å². The number of carbonyl (C=O) groups excluding carboxylic acids is 1. The Morgan fingerprint density at radius 1 is 1.70 bits per heavy atom. The number of aliphatic hydroxyl groups is 1. The molecule has 0 aromatic heterocycles. The molecule has 2 atom stereocenters. The number of carbonyl (C=O) groups is 1. The van der Waals surface area contributed by atoms with E-state index >= 15 is 0 Å². The lowest BCUT2D eigenvalue weighted by Gasteiger charge is -2.11. The summed E-state index contributed by atoms with van der Waals surface area (Å²) < 4.78 is 0. The zero-order chi connectivity index (χ0) is 8.15. The molecule has 10 heavy (non-hydrogen) atoms. The van der Waals surface area contributed by atoms with Crippen molar-refractivity contribution in [3.05, 3.63) is 0 Å². The van der Waals surface area contributed by atoms with Crippen molar-refractivity contribution in [2.24, 2.45) is 0 Å². The van der Waals surface area contributed by atoms with E-state index < -0.39 is 5.38 Å². The molecule has 0 fully saturated rings. The normalized spacial score (nSPS) is 16.0. The van der Waals surface area contributed by atoms with Gasteiger partial charge in [-0.05, 0) is 13.8 Å². The first kappa shape index (κ1) is 9.72. The van der Waals surface area contributed by atoms with Gasteiger partial charge in [0.1, 0.15) is 5.38 Å². The molecular weight excluding hydrogens is 154 g/mol. The van der Waals surface area contributed by atoms with E-state index in [2.05, 4.69) is 5.32 Å². The summed E-state index contributed by atoms with van der Waals surface area (Å²) in [4.78, 5) is 10.8. The summed E-state index contributed by atoms with van der Waals surface area (Å²) in [6.07, 6.45) is 0. The molecule has 0 bridgehead atoms. The van der Waals surface area contributed by atoms with E-state index in [1.165, 1.54) is 0 Å². The predicted molar refractivity (Wildman–Crippen MR) is 40.0 cm³/mol. The average Bonchev–Trinajstić information content (AvgIpc) is 1.87. The van der Waals surface area contributed by atoms with E-state index in [-0.39, 0.29) is 18.6 Å². The molecule has 0 heterocycles. The number of halogens is 1. The van der Waals surface area contributed by atoms with Gasteiger partial charge in [-0.15, -0.1) is 11.6 Å². The first-order valence-electron chi connectivity index (χ1n) is 3.13. The number of nitrogens with one attached hydrogen (secondary N) is 1. The van der Waals surface area contributed by atoms with Crippen LogP contribution >= 0.6 is 11.6 Å². The fourth-order valence-electron chi connectivity index (χ4n) is 0.403. The van der Waals surface area contributed by atoms with Crippen molar-refractivity contribution in [2.75, 3.05) is 6.61 Å². The Morgan fingerprint density at radius 3 is 2.50 bits per heavy atom. The van der Waals surface area contributed by atoms with Gasteiger partial charge in [-0.3, -0.25) is 4.79 Å². The van der Waals surface area contributed by atoms with E-state index in [4.69, 9.17) is 16.7 Å². The second-order valence-corrected chi connectivity index (χ2v) is 2.86. The van der Waals surface area contributed by atoms with Crippen LogP contribution in [0.1, 0.15) is 13.8 Å². The van der Waals surface area contributed by atoms with Crippen LogP contribution in [0.4, 0.5) is 0 Å². The molecule has 3 nitrogen and oxygen atoms in total. The minimum Gasteiger partial charge on any atom is -0.394 e. The molecule has 0 aliphatic heterocycles. The third-order valence-electron chi connectivity index (χ3n) is 1.02. The fraction of sp³-hybridized carbons (Fsp3) is 0.833. The van der Waals surface area contributed by atoms with Crippen molar-refractivity contribution < 1.29 is 9.90 Å². The Labute approximate surface area is 65.4 Å². The maximum absolute atomic E-state index is 10.8. The number of aliphatic hydroxyl groups excluding tert-OH is 1. The van der Waals surface area contributed by atoms with Gasteiger partial charge in [-0.2, -0.15) is 0 Å². The van der Waals surface area contributed by atoms with E-state index in [9.17, 15) is 4.79 Å². The first-order chi connectivity index (χ1) is 4.57. The van der Waals surface area contributed by atoms with Crippen LogP contribution in [0.2, 0.25) is 0 Å². The number of alkyl halides is 1. The van der Waals surface area contributed by atoms with Crippen LogP contribution in [-0.2, 0) is 4.79 Å². The molecule has 0 aromatic carbocycles. The largest absolute Gasteiger partial charge is 0.394 e. The van der Waals surface area contributed by atoms with Crippen LogP contribution in [0.15, 0.2) is 0 Å². The van der Waals surface area contributed by atoms with Gasteiger partial charge in [0.25, 0.3) is 0 Å². The summed E-state index contributed by atoms with van der Waals surface area (Å²) in [6.45, 7) is 3.23. The van der Waals surface area contributed by atoms with Gasteiger partial charge in [0.2, 0.25) is 5.91 Å². The number of hydrogen-bond donors (Lipinski definition) is 2. The average molecular weight is 166 g/mol.